The molecule has 2 nitrogen and oxygen atoms in total. The molecule has 110 valence electrons. The van der Waals surface area contributed by atoms with Gasteiger partial charge in [0.05, 0.1) is 12.7 Å². The molecule has 1 fully saturated rings. The molecule has 0 radical (unpaired) electrons. The molecule has 0 aliphatic heterocycles. The maximum atomic E-state index is 13.9. The number of thiocarbonyl (C=S) groups is 1. The molecule has 0 saturated heterocycles. The van der Waals surface area contributed by atoms with Gasteiger partial charge in [0.25, 0.3) is 0 Å². The van der Waals surface area contributed by atoms with Gasteiger partial charge in [0.2, 0.25) is 0 Å². The van der Waals surface area contributed by atoms with Gasteiger partial charge in [-0.25, -0.2) is 4.39 Å². The van der Waals surface area contributed by atoms with Crippen LogP contribution in [0.2, 0.25) is 0 Å². The third kappa shape index (κ3) is 3.76. The third-order valence-electron chi connectivity index (χ3n) is 4.15. The summed E-state index contributed by atoms with van der Waals surface area (Å²) in [4.78, 5) is 0.217. The topological polar surface area (TPSA) is 35.2 Å². The summed E-state index contributed by atoms with van der Waals surface area (Å²) in [6, 6.07) is 4.86. The van der Waals surface area contributed by atoms with Crippen molar-refractivity contribution in [2.45, 2.75) is 51.7 Å². The molecule has 4 heteroatoms. The monoisotopic (exact) mass is 295 g/mol. The highest BCUT2D eigenvalue weighted by atomic mass is 32.1. The molecule has 2 rings (SSSR count). The van der Waals surface area contributed by atoms with E-state index in [1.165, 1.54) is 25.3 Å². The van der Waals surface area contributed by atoms with Crippen molar-refractivity contribution < 1.29 is 9.13 Å². The molecule has 0 heterocycles. The van der Waals surface area contributed by atoms with E-state index in [1.54, 1.807) is 12.1 Å². The Kier molecular flexibility index (Phi) is 5.49. The minimum Gasteiger partial charge on any atom is -0.389 e. The first-order chi connectivity index (χ1) is 9.61. The summed E-state index contributed by atoms with van der Waals surface area (Å²) >= 11 is 4.84. The van der Waals surface area contributed by atoms with Crippen molar-refractivity contribution in [2.75, 3.05) is 0 Å². The number of hydrogen-bond acceptors (Lipinski definition) is 2. The average Bonchev–Trinajstić information content (AvgIpc) is 2.46. The Morgan fingerprint density at radius 1 is 1.40 bits per heavy atom. The molecule has 2 unspecified atom stereocenters. The average molecular weight is 295 g/mol. The zero-order valence-corrected chi connectivity index (χ0v) is 12.7. The highest BCUT2D eigenvalue weighted by Gasteiger charge is 2.24. The van der Waals surface area contributed by atoms with Crippen molar-refractivity contribution >= 4 is 17.2 Å². The Hall–Kier alpha value is -1.00. The second-order valence-electron chi connectivity index (χ2n) is 5.47. The minimum absolute atomic E-state index is 0.217. The molecule has 1 aromatic rings. The second kappa shape index (κ2) is 7.14. The van der Waals surface area contributed by atoms with Gasteiger partial charge in [-0.15, -0.1) is 0 Å². The predicted octanol–water partition coefficient (Wildman–Crippen LogP) is 3.95. The van der Waals surface area contributed by atoms with Crippen molar-refractivity contribution in [3.05, 3.63) is 35.1 Å². The van der Waals surface area contributed by atoms with E-state index in [-0.39, 0.29) is 16.9 Å². The number of nitrogens with two attached hydrogens (primary N) is 1. The van der Waals surface area contributed by atoms with Gasteiger partial charge in [-0.1, -0.05) is 50.5 Å². The summed E-state index contributed by atoms with van der Waals surface area (Å²) in [5.74, 6) is 0.321. The van der Waals surface area contributed by atoms with Crippen LogP contribution in [0, 0.1) is 11.7 Å². The van der Waals surface area contributed by atoms with Crippen LogP contribution in [0.5, 0.6) is 0 Å². The first kappa shape index (κ1) is 15.4. The van der Waals surface area contributed by atoms with Crippen LogP contribution < -0.4 is 5.73 Å². The molecule has 2 N–H and O–H groups in total. The Labute approximate surface area is 125 Å². The highest BCUT2D eigenvalue weighted by molar-refractivity contribution is 7.80. The maximum absolute atomic E-state index is 13.9. The first-order valence-corrected chi connectivity index (χ1v) is 7.72. The van der Waals surface area contributed by atoms with Crippen LogP contribution in [0.1, 0.15) is 50.2 Å². The van der Waals surface area contributed by atoms with E-state index in [0.717, 1.165) is 12.8 Å². The zero-order chi connectivity index (χ0) is 14.5. The van der Waals surface area contributed by atoms with E-state index in [9.17, 15) is 4.39 Å². The fourth-order valence-corrected chi connectivity index (χ4v) is 3.00. The summed E-state index contributed by atoms with van der Waals surface area (Å²) in [5.41, 5.74) is 6.63. The standard InChI is InChI=1S/C16H22FNOS/c1-2-11-5-3-4-6-15(11)19-10-13-8-7-12(16(18)20)9-14(13)17/h7-9,11,15H,2-6,10H2,1H3,(H2,18,20). The van der Waals surface area contributed by atoms with Gasteiger partial charge in [-0.2, -0.15) is 0 Å². The van der Waals surface area contributed by atoms with Gasteiger partial charge in [0.15, 0.2) is 0 Å². The molecular formula is C16H22FNOS. The van der Waals surface area contributed by atoms with E-state index >= 15 is 0 Å². The number of halogens is 1. The predicted molar refractivity (Wildman–Crippen MR) is 83.1 cm³/mol. The van der Waals surface area contributed by atoms with Gasteiger partial charge >= 0.3 is 0 Å². The second-order valence-corrected chi connectivity index (χ2v) is 5.91. The zero-order valence-electron chi connectivity index (χ0n) is 11.9. The molecule has 2 atom stereocenters. The van der Waals surface area contributed by atoms with Crippen LogP contribution in [-0.2, 0) is 11.3 Å². The number of rotatable bonds is 5. The van der Waals surface area contributed by atoms with Crippen LogP contribution in [0.25, 0.3) is 0 Å². The van der Waals surface area contributed by atoms with Crippen molar-refractivity contribution in [1.82, 2.24) is 0 Å². The number of ether oxygens (including phenoxy) is 1. The van der Waals surface area contributed by atoms with Crippen molar-refractivity contribution in [2.24, 2.45) is 11.7 Å². The van der Waals surface area contributed by atoms with E-state index < -0.39 is 0 Å². The van der Waals surface area contributed by atoms with Crippen LogP contribution >= 0.6 is 12.2 Å². The molecule has 1 aliphatic carbocycles. The van der Waals surface area contributed by atoms with Crippen LogP contribution in [0.15, 0.2) is 18.2 Å². The summed E-state index contributed by atoms with van der Waals surface area (Å²) in [7, 11) is 0. The van der Waals surface area contributed by atoms with Crippen molar-refractivity contribution in [3.63, 3.8) is 0 Å². The number of hydrogen-bond donors (Lipinski definition) is 1. The number of benzene rings is 1. The maximum Gasteiger partial charge on any atom is 0.129 e. The molecule has 0 aromatic heterocycles. The normalized spacial score (nSPS) is 22.7. The largest absolute Gasteiger partial charge is 0.389 e. The molecule has 0 bridgehead atoms. The minimum atomic E-state index is -0.292. The quantitative estimate of drug-likeness (QED) is 0.836. The molecule has 20 heavy (non-hydrogen) atoms. The molecular weight excluding hydrogens is 273 g/mol. The fourth-order valence-electron chi connectivity index (χ4n) is 2.87. The van der Waals surface area contributed by atoms with Gasteiger partial charge in [0, 0.05) is 11.1 Å². The van der Waals surface area contributed by atoms with E-state index in [1.807, 2.05) is 0 Å². The Morgan fingerprint density at radius 3 is 2.80 bits per heavy atom. The summed E-state index contributed by atoms with van der Waals surface area (Å²) < 4.78 is 19.9. The first-order valence-electron chi connectivity index (χ1n) is 7.31. The Morgan fingerprint density at radius 2 is 2.15 bits per heavy atom. The van der Waals surface area contributed by atoms with Gasteiger partial charge in [0.1, 0.15) is 10.8 Å². The lowest BCUT2D eigenvalue weighted by Crippen LogP contribution is -2.27. The Balaban J connectivity index is 1.98. The lowest BCUT2D eigenvalue weighted by Gasteiger charge is -2.30. The van der Waals surface area contributed by atoms with E-state index in [0.29, 0.717) is 23.7 Å². The summed E-state index contributed by atoms with van der Waals surface area (Å²) in [6.45, 7) is 2.52. The van der Waals surface area contributed by atoms with Crippen molar-refractivity contribution in [1.29, 1.82) is 0 Å². The fraction of sp³-hybridized carbons (Fsp3) is 0.562. The van der Waals surface area contributed by atoms with E-state index in [4.69, 9.17) is 22.7 Å². The lowest BCUT2D eigenvalue weighted by atomic mass is 9.85. The molecule has 1 saturated carbocycles. The van der Waals surface area contributed by atoms with Crippen LogP contribution in [0.3, 0.4) is 0 Å². The molecule has 1 aromatic carbocycles. The SMILES string of the molecule is CCC1CCCCC1OCc1ccc(C(N)=S)cc1F. The Bertz CT molecular complexity index is 478. The van der Waals surface area contributed by atoms with Gasteiger partial charge < -0.3 is 10.5 Å². The van der Waals surface area contributed by atoms with E-state index in [2.05, 4.69) is 6.92 Å². The van der Waals surface area contributed by atoms with Crippen LogP contribution in [-0.4, -0.2) is 11.1 Å². The molecule has 0 amide bonds. The van der Waals surface area contributed by atoms with Crippen LogP contribution in [0.4, 0.5) is 4.39 Å². The molecule has 1 aliphatic rings. The summed E-state index contributed by atoms with van der Waals surface area (Å²) in [5, 5.41) is 0. The third-order valence-corrected chi connectivity index (χ3v) is 4.39. The van der Waals surface area contributed by atoms with Gasteiger partial charge in [-0.3, -0.25) is 0 Å². The van der Waals surface area contributed by atoms with Gasteiger partial charge in [-0.05, 0) is 24.8 Å². The van der Waals surface area contributed by atoms with Crippen molar-refractivity contribution in [3.8, 4) is 0 Å². The summed E-state index contributed by atoms with van der Waals surface area (Å²) in [6.07, 6.45) is 6.21. The molecule has 0 spiro atoms. The highest BCUT2D eigenvalue weighted by Crippen LogP contribution is 2.30. The smallest absolute Gasteiger partial charge is 0.129 e. The lowest BCUT2D eigenvalue weighted by molar-refractivity contribution is -0.0231.